The zero-order valence-electron chi connectivity index (χ0n) is 13.4. The fourth-order valence-electron chi connectivity index (χ4n) is 1.62. The SMILES string of the molecule is CCCCNC(=O)Cn1nnc(C(=O)OC(C)(C)C)c1C. The molecule has 1 aromatic heterocycles. The monoisotopic (exact) mass is 296 g/mol. The molecule has 0 aliphatic rings. The van der Waals surface area contributed by atoms with Gasteiger partial charge in [-0.15, -0.1) is 5.10 Å². The molecule has 1 N–H and O–H groups in total. The summed E-state index contributed by atoms with van der Waals surface area (Å²) in [6, 6.07) is 0. The van der Waals surface area contributed by atoms with Crippen LogP contribution in [-0.2, 0) is 16.1 Å². The zero-order chi connectivity index (χ0) is 16.0. The summed E-state index contributed by atoms with van der Waals surface area (Å²) >= 11 is 0. The molecule has 1 heterocycles. The van der Waals surface area contributed by atoms with Gasteiger partial charge in [-0.1, -0.05) is 18.6 Å². The Balaban J connectivity index is 2.67. The van der Waals surface area contributed by atoms with Crippen molar-refractivity contribution >= 4 is 11.9 Å². The Morgan fingerprint density at radius 1 is 1.33 bits per heavy atom. The molecule has 0 saturated heterocycles. The van der Waals surface area contributed by atoms with E-state index in [9.17, 15) is 9.59 Å². The van der Waals surface area contributed by atoms with Gasteiger partial charge in [-0.25, -0.2) is 9.48 Å². The first kappa shape index (κ1) is 17.1. The highest BCUT2D eigenvalue weighted by molar-refractivity contribution is 5.88. The molecule has 0 aromatic carbocycles. The largest absolute Gasteiger partial charge is 0.455 e. The molecule has 0 bridgehead atoms. The lowest BCUT2D eigenvalue weighted by Crippen LogP contribution is -2.29. The average Bonchev–Trinajstić information content (AvgIpc) is 2.69. The van der Waals surface area contributed by atoms with Gasteiger partial charge >= 0.3 is 5.97 Å². The van der Waals surface area contributed by atoms with E-state index in [4.69, 9.17) is 4.74 Å². The molecule has 0 saturated carbocycles. The Bertz CT molecular complexity index is 503. The van der Waals surface area contributed by atoms with E-state index < -0.39 is 11.6 Å². The molecule has 0 radical (unpaired) electrons. The lowest BCUT2D eigenvalue weighted by Gasteiger charge is -2.18. The number of carbonyl (C=O) groups excluding carboxylic acids is 2. The second-order valence-corrected chi connectivity index (χ2v) is 5.89. The van der Waals surface area contributed by atoms with Crippen LogP contribution in [0.3, 0.4) is 0 Å². The van der Waals surface area contributed by atoms with Crippen LogP contribution in [-0.4, -0.2) is 39.0 Å². The summed E-state index contributed by atoms with van der Waals surface area (Å²) in [4.78, 5) is 23.7. The van der Waals surface area contributed by atoms with Crippen LogP contribution >= 0.6 is 0 Å². The standard InChI is InChI=1S/C14H24N4O3/c1-6-7-8-15-11(19)9-18-10(2)12(16-17-18)13(20)21-14(3,4)5/h6-9H2,1-5H3,(H,15,19). The highest BCUT2D eigenvalue weighted by Crippen LogP contribution is 2.13. The molecule has 0 aliphatic heterocycles. The molecule has 1 rings (SSSR count). The predicted molar refractivity (Wildman–Crippen MR) is 77.8 cm³/mol. The number of rotatable bonds is 6. The minimum Gasteiger partial charge on any atom is -0.455 e. The Morgan fingerprint density at radius 2 is 2.00 bits per heavy atom. The topological polar surface area (TPSA) is 86.1 Å². The van der Waals surface area contributed by atoms with Crippen LogP contribution < -0.4 is 5.32 Å². The van der Waals surface area contributed by atoms with Crippen LogP contribution in [0.25, 0.3) is 0 Å². The van der Waals surface area contributed by atoms with Crippen LogP contribution in [0.15, 0.2) is 0 Å². The molecule has 0 fully saturated rings. The summed E-state index contributed by atoms with van der Waals surface area (Å²) in [7, 11) is 0. The van der Waals surface area contributed by atoms with Gasteiger partial charge in [0.2, 0.25) is 5.91 Å². The van der Waals surface area contributed by atoms with Crippen molar-refractivity contribution in [3.8, 4) is 0 Å². The lowest BCUT2D eigenvalue weighted by atomic mass is 10.2. The molecule has 0 unspecified atom stereocenters. The van der Waals surface area contributed by atoms with E-state index in [0.29, 0.717) is 12.2 Å². The van der Waals surface area contributed by atoms with E-state index in [1.165, 1.54) is 4.68 Å². The van der Waals surface area contributed by atoms with Gasteiger partial charge in [0, 0.05) is 6.54 Å². The van der Waals surface area contributed by atoms with Gasteiger partial charge in [0.1, 0.15) is 12.1 Å². The van der Waals surface area contributed by atoms with E-state index in [2.05, 4.69) is 22.6 Å². The highest BCUT2D eigenvalue weighted by Gasteiger charge is 2.23. The van der Waals surface area contributed by atoms with E-state index in [1.807, 2.05) is 0 Å². The number of ether oxygens (including phenoxy) is 1. The van der Waals surface area contributed by atoms with Gasteiger partial charge in [0.05, 0.1) is 5.69 Å². The van der Waals surface area contributed by atoms with Gasteiger partial charge in [-0.3, -0.25) is 4.79 Å². The van der Waals surface area contributed by atoms with E-state index in [-0.39, 0.29) is 18.1 Å². The maximum Gasteiger partial charge on any atom is 0.361 e. The third kappa shape index (κ3) is 5.53. The fourth-order valence-corrected chi connectivity index (χ4v) is 1.62. The van der Waals surface area contributed by atoms with Crippen LogP contribution in [0.2, 0.25) is 0 Å². The molecular weight excluding hydrogens is 272 g/mol. The van der Waals surface area contributed by atoms with Crippen molar-refractivity contribution in [2.45, 2.75) is 59.6 Å². The average molecular weight is 296 g/mol. The molecule has 0 atom stereocenters. The minimum absolute atomic E-state index is 0.0470. The molecule has 1 amide bonds. The summed E-state index contributed by atoms with van der Waals surface area (Å²) in [6.07, 6.45) is 1.96. The minimum atomic E-state index is -0.592. The summed E-state index contributed by atoms with van der Waals surface area (Å²) in [5.74, 6) is -0.676. The predicted octanol–water partition coefficient (Wildman–Crippen LogP) is 1.46. The van der Waals surface area contributed by atoms with E-state index in [1.54, 1.807) is 27.7 Å². The Morgan fingerprint density at radius 3 is 2.57 bits per heavy atom. The number of unbranched alkanes of at least 4 members (excludes halogenated alkanes) is 1. The highest BCUT2D eigenvalue weighted by atomic mass is 16.6. The molecule has 21 heavy (non-hydrogen) atoms. The van der Waals surface area contributed by atoms with Crippen molar-refractivity contribution in [1.29, 1.82) is 0 Å². The second-order valence-electron chi connectivity index (χ2n) is 5.89. The van der Waals surface area contributed by atoms with Crippen molar-refractivity contribution in [3.05, 3.63) is 11.4 Å². The van der Waals surface area contributed by atoms with Gasteiger partial charge in [0.25, 0.3) is 0 Å². The Labute approximate surface area is 125 Å². The Kier molecular flexibility index (Phi) is 5.87. The number of esters is 1. The molecular formula is C14H24N4O3. The number of nitrogens with one attached hydrogen (secondary N) is 1. The number of aromatic nitrogens is 3. The number of hydrogen-bond acceptors (Lipinski definition) is 5. The summed E-state index contributed by atoms with van der Waals surface area (Å²) in [5.41, 5.74) is 0.0753. The quantitative estimate of drug-likeness (QED) is 0.634. The molecule has 0 spiro atoms. The third-order valence-corrected chi connectivity index (χ3v) is 2.72. The normalized spacial score (nSPS) is 11.3. The Hall–Kier alpha value is -1.92. The zero-order valence-corrected chi connectivity index (χ0v) is 13.4. The van der Waals surface area contributed by atoms with Gasteiger partial charge in [-0.2, -0.15) is 0 Å². The van der Waals surface area contributed by atoms with Crippen LogP contribution in [0.1, 0.15) is 56.7 Å². The molecule has 7 heteroatoms. The van der Waals surface area contributed by atoms with Crippen molar-refractivity contribution in [1.82, 2.24) is 20.3 Å². The number of amides is 1. The van der Waals surface area contributed by atoms with Crippen molar-refractivity contribution < 1.29 is 14.3 Å². The van der Waals surface area contributed by atoms with E-state index in [0.717, 1.165) is 12.8 Å². The molecule has 0 aliphatic carbocycles. The summed E-state index contributed by atoms with van der Waals surface area (Å²) < 4.78 is 6.65. The summed E-state index contributed by atoms with van der Waals surface area (Å²) in [5, 5.41) is 10.4. The van der Waals surface area contributed by atoms with Crippen molar-refractivity contribution in [2.75, 3.05) is 6.54 Å². The first-order valence-electron chi connectivity index (χ1n) is 7.14. The lowest BCUT2D eigenvalue weighted by molar-refractivity contribution is -0.121. The van der Waals surface area contributed by atoms with E-state index >= 15 is 0 Å². The third-order valence-electron chi connectivity index (χ3n) is 2.72. The first-order chi connectivity index (χ1) is 9.74. The van der Waals surface area contributed by atoms with Crippen molar-refractivity contribution in [3.63, 3.8) is 0 Å². The number of nitrogens with zero attached hydrogens (tertiary/aromatic N) is 3. The van der Waals surface area contributed by atoms with Crippen LogP contribution in [0, 0.1) is 6.92 Å². The van der Waals surface area contributed by atoms with Gasteiger partial charge < -0.3 is 10.1 Å². The molecule has 1 aromatic rings. The molecule has 118 valence electrons. The van der Waals surface area contributed by atoms with Crippen LogP contribution in [0.5, 0.6) is 0 Å². The van der Waals surface area contributed by atoms with Gasteiger partial charge in [-0.05, 0) is 34.1 Å². The van der Waals surface area contributed by atoms with Crippen molar-refractivity contribution in [2.24, 2.45) is 0 Å². The first-order valence-corrected chi connectivity index (χ1v) is 7.14. The number of carbonyl (C=O) groups is 2. The fraction of sp³-hybridized carbons (Fsp3) is 0.714. The molecule has 7 nitrogen and oxygen atoms in total. The van der Waals surface area contributed by atoms with Crippen LogP contribution in [0.4, 0.5) is 0 Å². The second kappa shape index (κ2) is 7.19. The smallest absolute Gasteiger partial charge is 0.361 e. The summed E-state index contributed by atoms with van der Waals surface area (Å²) in [6.45, 7) is 9.79. The maximum atomic E-state index is 12.0. The van der Waals surface area contributed by atoms with Gasteiger partial charge in [0.15, 0.2) is 5.69 Å². The maximum absolute atomic E-state index is 12.0. The number of hydrogen-bond donors (Lipinski definition) is 1.